The van der Waals surface area contributed by atoms with Gasteiger partial charge in [0, 0.05) is 16.6 Å². The number of hydrogen-bond acceptors (Lipinski definition) is 8. The van der Waals surface area contributed by atoms with E-state index < -0.39 is 48.1 Å². The molecule has 0 heterocycles. The molecule has 1 aromatic rings. The number of anilines is 1. The van der Waals surface area contributed by atoms with Crippen molar-refractivity contribution < 1.29 is 30.5 Å². The van der Waals surface area contributed by atoms with Crippen LogP contribution in [-0.2, 0) is 24.4 Å². The molecule has 0 fully saturated rings. The molecule has 0 unspecified atom stereocenters. The number of nitrogens with two attached hydrogens (primary N) is 1. The van der Waals surface area contributed by atoms with Crippen LogP contribution in [0, 0.1) is 10.1 Å². The summed E-state index contributed by atoms with van der Waals surface area (Å²) in [7, 11) is -8.93. The van der Waals surface area contributed by atoms with Gasteiger partial charge in [0.25, 0.3) is 5.69 Å². The first-order valence-corrected chi connectivity index (χ1v) is 8.83. The number of non-ortho nitro benzene ring substituents is 1. The molecule has 0 saturated heterocycles. The second-order valence-electron chi connectivity index (χ2n) is 3.67. The molecule has 0 aliphatic carbocycles. The fraction of sp³-hybridized carbons (Fsp3) is 0.250. The van der Waals surface area contributed by atoms with E-state index >= 15 is 0 Å². The lowest BCUT2D eigenvalue weighted by Gasteiger charge is -2.08. The molecule has 13 heteroatoms. The predicted octanol–water partition coefficient (Wildman–Crippen LogP) is 0.533. The summed E-state index contributed by atoms with van der Waals surface area (Å²) in [5, 5.41) is 10.7. The van der Waals surface area contributed by atoms with Crippen molar-refractivity contribution in [2.45, 2.75) is 4.90 Å². The maximum absolute atomic E-state index is 12.0. The van der Waals surface area contributed by atoms with Gasteiger partial charge < -0.3 is 5.73 Å². The number of hydrogen-bond donors (Lipinski definition) is 2. The lowest BCUT2D eigenvalue weighted by Crippen LogP contribution is -2.17. The number of benzene rings is 1. The van der Waals surface area contributed by atoms with E-state index in [1.807, 2.05) is 0 Å². The maximum Gasteiger partial charge on any atom is 0.397 e. The standard InChI is InChI=1S/C8H9BrN2O8S2/c9-6-3-5(11(12)13)4-7(8(6)10)20(14,15)2-1-19-21(16,17)18/h3-4H,1-2,10H2,(H,16,17,18). The lowest BCUT2D eigenvalue weighted by atomic mass is 10.3. The van der Waals surface area contributed by atoms with Gasteiger partial charge >= 0.3 is 10.4 Å². The Labute approximate surface area is 128 Å². The third-order valence-corrected chi connectivity index (χ3v) is 5.04. The van der Waals surface area contributed by atoms with Gasteiger partial charge in [-0.25, -0.2) is 12.6 Å². The molecule has 10 nitrogen and oxygen atoms in total. The number of nitro benzene ring substituents is 1. The van der Waals surface area contributed by atoms with Gasteiger partial charge in [0.05, 0.1) is 27.9 Å². The summed E-state index contributed by atoms with van der Waals surface area (Å²) >= 11 is 2.90. The van der Waals surface area contributed by atoms with E-state index in [1.54, 1.807) is 0 Å². The van der Waals surface area contributed by atoms with E-state index in [0.29, 0.717) is 0 Å². The minimum absolute atomic E-state index is 0.00553. The highest BCUT2D eigenvalue weighted by atomic mass is 79.9. The number of nitrogen functional groups attached to an aromatic ring is 1. The van der Waals surface area contributed by atoms with Crippen molar-refractivity contribution in [3.63, 3.8) is 0 Å². The van der Waals surface area contributed by atoms with Crippen molar-refractivity contribution in [3.8, 4) is 0 Å². The van der Waals surface area contributed by atoms with Crippen LogP contribution in [0.3, 0.4) is 0 Å². The highest BCUT2D eigenvalue weighted by Gasteiger charge is 2.24. The molecule has 1 rings (SSSR count). The van der Waals surface area contributed by atoms with Crippen LogP contribution in [0.15, 0.2) is 21.5 Å². The molecular formula is C8H9BrN2O8S2. The van der Waals surface area contributed by atoms with Gasteiger partial charge in [-0.05, 0) is 15.9 Å². The summed E-state index contributed by atoms with van der Waals surface area (Å²) in [6.45, 7) is -0.860. The first-order valence-electron chi connectivity index (χ1n) is 5.02. The Balaban J connectivity index is 3.16. The summed E-state index contributed by atoms with van der Waals surface area (Å²) in [5.74, 6) is -0.843. The van der Waals surface area contributed by atoms with Crippen molar-refractivity contribution in [1.82, 2.24) is 0 Å². The minimum Gasteiger partial charge on any atom is -0.397 e. The SMILES string of the molecule is Nc1c(Br)cc([N+](=O)[O-])cc1S(=O)(=O)CCOS(=O)(=O)O. The van der Waals surface area contributed by atoms with E-state index in [9.17, 15) is 26.9 Å². The van der Waals surface area contributed by atoms with Crippen LogP contribution < -0.4 is 5.73 Å². The summed E-state index contributed by atoms with van der Waals surface area (Å²) < 4.78 is 56.9. The molecule has 0 atom stereocenters. The maximum atomic E-state index is 12.0. The van der Waals surface area contributed by atoms with Crippen molar-refractivity contribution in [3.05, 3.63) is 26.7 Å². The van der Waals surface area contributed by atoms with Gasteiger partial charge in [0.1, 0.15) is 0 Å². The van der Waals surface area contributed by atoms with Gasteiger partial charge in [0.15, 0.2) is 9.84 Å². The van der Waals surface area contributed by atoms with Gasteiger partial charge in [-0.15, -0.1) is 0 Å². The number of rotatable bonds is 6. The first kappa shape index (κ1) is 17.8. The van der Waals surface area contributed by atoms with E-state index in [0.717, 1.165) is 12.1 Å². The molecule has 21 heavy (non-hydrogen) atoms. The Hall–Kier alpha value is -1.28. The van der Waals surface area contributed by atoms with Crippen molar-refractivity contribution in [2.75, 3.05) is 18.1 Å². The first-order chi connectivity index (χ1) is 9.44. The Morgan fingerprint density at radius 3 is 2.38 bits per heavy atom. The quantitative estimate of drug-likeness (QED) is 0.297. The van der Waals surface area contributed by atoms with Crippen LogP contribution in [0.4, 0.5) is 11.4 Å². The highest BCUT2D eigenvalue weighted by Crippen LogP contribution is 2.32. The molecule has 0 saturated carbocycles. The van der Waals surface area contributed by atoms with Crippen LogP contribution >= 0.6 is 15.9 Å². The van der Waals surface area contributed by atoms with E-state index in [1.165, 1.54) is 0 Å². The van der Waals surface area contributed by atoms with Crippen LogP contribution in [0.1, 0.15) is 0 Å². The second kappa shape index (κ2) is 6.23. The predicted molar refractivity (Wildman–Crippen MR) is 74.8 cm³/mol. The van der Waals surface area contributed by atoms with Crippen LogP contribution in [0.25, 0.3) is 0 Å². The summed E-state index contributed by atoms with van der Waals surface area (Å²) in [5.41, 5.74) is 4.77. The third kappa shape index (κ3) is 4.89. The average molecular weight is 405 g/mol. The van der Waals surface area contributed by atoms with Gasteiger partial charge in [-0.1, -0.05) is 0 Å². The lowest BCUT2D eigenvalue weighted by molar-refractivity contribution is -0.385. The molecule has 3 N–H and O–H groups in total. The average Bonchev–Trinajstić information content (AvgIpc) is 2.29. The number of sulfone groups is 1. The zero-order chi connectivity index (χ0) is 16.4. The molecule has 0 spiro atoms. The number of halogens is 1. The molecule has 0 aliphatic rings. The smallest absolute Gasteiger partial charge is 0.397 e. The summed E-state index contributed by atoms with van der Waals surface area (Å²) in [6, 6.07) is 1.78. The highest BCUT2D eigenvalue weighted by molar-refractivity contribution is 9.10. The normalized spacial score (nSPS) is 12.3. The van der Waals surface area contributed by atoms with Crippen molar-refractivity contribution in [2.24, 2.45) is 0 Å². The molecule has 0 aliphatic heterocycles. The van der Waals surface area contributed by atoms with Gasteiger partial charge in [-0.2, -0.15) is 8.42 Å². The zero-order valence-corrected chi connectivity index (χ0v) is 13.3. The van der Waals surface area contributed by atoms with E-state index in [4.69, 9.17) is 10.3 Å². The summed E-state index contributed by atoms with van der Waals surface area (Å²) in [4.78, 5) is 9.35. The Kier molecular flexibility index (Phi) is 5.27. The Bertz CT molecular complexity index is 774. The Morgan fingerprint density at radius 2 is 1.90 bits per heavy atom. The molecule has 0 bridgehead atoms. The fourth-order valence-corrected chi connectivity index (χ4v) is 3.55. The van der Waals surface area contributed by atoms with Gasteiger partial charge in [0.2, 0.25) is 0 Å². The van der Waals surface area contributed by atoms with Crippen LogP contribution in [0.5, 0.6) is 0 Å². The van der Waals surface area contributed by atoms with Crippen LogP contribution in [-0.4, -0.2) is 38.7 Å². The molecular weight excluding hydrogens is 396 g/mol. The van der Waals surface area contributed by atoms with Gasteiger partial charge in [-0.3, -0.25) is 14.7 Å². The van der Waals surface area contributed by atoms with Crippen molar-refractivity contribution >= 4 is 47.5 Å². The second-order valence-corrected chi connectivity index (χ2v) is 7.69. The summed E-state index contributed by atoms with van der Waals surface area (Å²) in [6.07, 6.45) is 0. The molecule has 118 valence electrons. The largest absolute Gasteiger partial charge is 0.397 e. The molecule has 0 radical (unpaired) electrons. The third-order valence-electron chi connectivity index (χ3n) is 2.21. The topological polar surface area (TPSA) is 167 Å². The van der Waals surface area contributed by atoms with E-state index in [-0.39, 0.29) is 10.2 Å². The number of nitro groups is 1. The van der Waals surface area contributed by atoms with E-state index in [2.05, 4.69) is 20.1 Å². The molecule has 0 aromatic heterocycles. The van der Waals surface area contributed by atoms with Crippen molar-refractivity contribution in [1.29, 1.82) is 0 Å². The minimum atomic E-state index is -4.78. The monoisotopic (exact) mass is 404 g/mol. The Morgan fingerprint density at radius 1 is 1.33 bits per heavy atom. The fourth-order valence-electron chi connectivity index (χ4n) is 1.30. The molecule has 1 aromatic carbocycles. The van der Waals surface area contributed by atoms with Crippen LogP contribution in [0.2, 0.25) is 0 Å². The number of nitrogens with zero attached hydrogens (tertiary/aromatic N) is 1. The molecule has 0 amide bonds. The zero-order valence-electron chi connectivity index (χ0n) is 10.1.